The number of fused-ring (bicyclic) bond motifs is 2. The summed E-state index contributed by atoms with van der Waals surface area (Å²) >= 11 is 0. The minimum atomic E-state index is 0.0322. The van der Waals surface area contributed by atoms with E-state index in [2.05, 4.69) is 41.3 Å². The molecule has 3 aliphatic rings. The molecule has 2 heterocycles. The molecule has 1 unspecified atom stereocenters. The molecule has 6 rings (SSSR count). The average Bonchev–Trinajstić information content (AvgIpc) is 3.81. The van der Waals surface area contributed by atoms with Gasteiger partial charge in [0, 0.05) is 38.3 Å². The summed E-state index contributed by atoms with van der Waals surface area (Å²) in [5.74, 6) is 0.411. The molecule has 1 aliphatic carbocycles. The van der Waals surface area contributed by atoms with Gasteiger partial charge in [0.15, 0.2) is 0 Å². The Morgan fingerprint density at radius 1 is 0.895 bits per heavy atom. The zero-order valence-electron chi connectivity index (χ0n) is 22.0. The zero-order chi connectivity index (χ0) is 26.1. The van der Waals surface area contributed by atoms with E-state index in [0.717, 1.165) is 91.8 Å². The van der Waals surface area contributed by atoms with Crippen LogP contribution in [-0.2, 0) is 4.79 Å². The van der Waals surface area contributed by atoms with Crippen LogP contribution in [0.25, 0.3) is 21.5 Å². The lowest BCUT2D eigenvalue weighted by atomic mass is 9.92. The van der Waals surface area contributed by atoms with Crippen molar-refractivity contribution in [2.75, 3.05) is 32.7 Å². The Hall–Kier alpha value is -3.43. The van der Waals surface area contributed by atoms with Gasteiger partial charge in [-0.05, 0) is 72.7 Å². The first-order valence-corrected chi connectivity index (χ1v) is 14.3. The van der Waals surface area contributed by atoms with E-state index in [-0.39, 0.29) is 17.7 Å². The van der Waals surface area contributed by atoms with Gasteiger partial charge in [-0.2, -0.15) is 5.26 Å². The fourth-order valence-corrected chi connectivity index (χ4v) is 6.64. The van der Waals surface area contributed by atoms with Crippen LogP contribution < -0.4 is 0 Å². The number of carbonyl (C=O) groups is 2. The molecule has 0 radical (unpaired) electrons. The summed E-state index contributed by atoms with van der Waals surface area (Å²) in [6.45, 7) is 3.89. The van der Waals surface area contributed by atoms with E-state index in [0.29, 0.717) is 25.0 Å². The third-order valence-corrected chi connectivity index (χ3v) is 8.79. The number of carbonyl (C=O) groups excluding carboxylic acids is 2. The van der Waals surface area contributed by atoms with Crippen molar-refractivity contribution in [1.29, 1.82) is 5.26 Å². The number of hydrogen-bond acceptors (Lipinski definition) is 4. The number of nitriles is 1. The van der Waals surface area contributed by atoms with Gasteiger partial charge in [0.25, 0.3) is 5.91 Å². The summed E-state index contributed by atoms with van der Waals surface area (Å²) in [5.41, 5.74) is 0.818. The molecule has 38 heavy (non-hydrogen) atoms. The average molecular weight is 509 g/mol. The molecular formula is C32H36N4O2. The number of piperidine rings is 2. The third-order valence-electron chi connectivity index (χ3n) is 8.79. The summed E-state index contributed by atoms with van der Waals surface area (Å²) in [7, 11) is 0. The highest BCUT2D eigenvalue weighted by Crippen LogP contribution is 2.33. The van der Waals surface area contributed by atoms with Crippen LogP contribution in [0.4, 0.5) is 0 Å². The molecule has 2 aliphatic heterocycles. The molecule has 3 aromatic carbocycles. The molecule has 0 aromatic heterocycles. The number of rotatable bonds is 6. The molecule has 0 N–H and O–H groups in total. The lowest BCUT2D eigenvalue weighted by Gasteiger charge is -2.42. The number of amides is 2. The van der Waals surface area contributed by atoms with Crippen LogP contribution >= 0.6 is 0 Å². The highest BCUT2D eigenvalue weighted by Gasteiger charge is 2.38. The van der Waals surface area contributed by atoms with Gasteiger partial charge >= 0.3 is 0 Å². The molecule has 6 heteroatoms. The van der Waals surface area contributed by atoms with Crippen LogP contribution in [0.1, 0.15) is 55.3 Å². The molecule has 0 bridgehead atoms. The molecule has 2 saturated heterocycles. The van der Waals surface area contributed by atoms with Crippen molar-refractivity contribution in [1.82, 2.24) is 14.7 Å². The Balaban J connectivity index is 1.13. The second-order valence-corrected chi connectivity index (χ2v) is 11.2. The highest BCUT2D eigenvalue weighted by molar-refractivity contribution is 6.18. The van der Waals surface area contributed by atoms with E-state index < -0.39 is 0 Å². The normalized spacial score (nSPS) is 20.9. The lowest BCUT2D eigenvalue weighted by molar-refractivity contribution is -0.138. The number of benzene rings is 3. The molecule has 3 aromatic rings. The molecule has 1 atom stereocenters. The summed E-state index contributed by atoms with van der Waals surface area (Å²) in [4.78, 5) is 33.8. The maximum Gasteiger partial charge on any atom is 0.255 e. The molecule has 196 valence electrons. The smallest absolute Gasteiger partial charge is 0.255 e. The predicted octanol–water partition coefficient (Wildman–Crippen LogP) is 5.21. The highest BCUT2D eigenvalue weighted by atomic mass is 16.2. The van der Waals surface area contributed by atoms with Crippen LogP contribution in [0.3, 0.4) is 0 Å². The van der Waals surface area contributed by atoms with E-state index in [4.69, 9.17) is 5.26 Å². The third kappa shape index (κ3) is 4.88. The van der Waals surface area contributed by atoms with E-state index in [1.54, 1.807) is 0 Å². The molecule has 1 saturated carbocycles. The SMILES string of the molecule is N#CCCN(C(=O)C1CCCN(C2CCN(C(=O)c3c4ccccc4cc4ccccc34)CC2)C1)C1CC1. The summed E-state index contributed by atoms with van der Waals surface area (Å²) in [6.07, 6.45) is 6.42. The van der Waals surface area contributed by atoms with E-state index in [1.807, 2.05) is 34.1 Å². The maximum atomic E-state index is 13.9. The van der Waals surface area contributed by atoms with Crippen molar-refractivity contribution < 1.29 is 9.59 Å². The van der Waals surface area contributed by atoms with Crippen LogP contribution in [0.15, 0.2) is 54.6 Å². The van der Waals surface area contributed by atoms with Crippen LogP contribution in [0.2, 0.25) is 0 Å². The predicted molar refractivity (Wildman–Crippen MR) is 150 cm³/mol. The molecule has 6 nitrogen and oxygen atoms in total. The molecule has 2 amide bonds. The molecule has 0 spiro atoms. The largest absolute Gasteiger partial charge is 0.338 e. The standard InChI is InChI=1S/C32H36N4O2/c33-16-6-18-36(27-12-13-27)31(37)25-9-5-17-35(22-25)26-14-19-34(20-15-26)32(38)30-28-10-3-1-7-23(28)21-24-8-2-4-11-29(24)30/h1-4,7-8,10-11,21,25-27H,5-6,9,12-15,17-20,22H2. The summed E-state index contributed by atoms with van der Waals surface area (Å²) < 4.78 is 0. The van der Waals surface area contributed by atoms with Gasteiger partial charge in [0.05, 0.1) is 24.0 Å². The van der Waals surface area contributed by atoms with Gasteiger partial charge in [-0.15, -0.1) is 0 Å². The van der Waals surface area contributed by atoms with Crippen molar-refractivity contribution in [2.45, 2.75) is 57.0 Å². The van der Waals surface area contributed by atoms with Crippen molar-refractivity contribution in [2.24, 2.45) is 5.92 Å². The minimum Gasteiger partial charge on any atom is -0.338 e. The van der Waals surface area contributed by atoms with Gasteiger partial charge in [0.1, 0.15) is 0 Å². The first-order chi connectivity index (χ1) is 18.6. The Labute approximate surface area is 224 Å². The van der Waals surface area contributed by atoms with Gasteiger partial charge in [0.2, 0.25) is 5.91 Å². The minimum absolute atomic E-state index is 0.0322. The fraction of sp³-hybridized carbons (Fsp3) is 0.469. The Morgan fingerprint density at radius 2 is 1.55 bits per heavy atom. The quantitative estimate of drug-likeness (QED) is 0.429. The fourth-order valence-electron chi connectivity index (χ4n) is 6.64. The maximum absolute atomic E-state index is 13.9. The Bertz CT molecular complexity index is 1330. The van der Waals surface area contributed by atoms with Crippen LogP contribution in [-0.4, -0.2) is 71.3 Å². The molecular weight excluding hydrogens is 472 g/mol. The topological polar surface area (TPSA) is 67.7 Å². The van der Waals surface area contributed by atoms with Gasteiger partial charge in [-0.25, -0.2) is 0 Å². The summed E-state index contributed by atoms with van der Waals surface area (Å²) in [6, 6.07) is 21.5. The van der Waals surface area contributed by atoms with Crippen LogP contribution in [0, 0.1) is 17.2 Å². The summed E-state index contributed by atoms with van der Waals surface area (Å²) in [5, 5.41) is 13.3. The zero-order valence-corrected chi connectivity index (χ0v) is 22.0. The first-order valence-electron chi connectivity index (χ1n) is 14.3. The lowest BCUT2D eigenvalue weighted by Crippen LogP contribution is -2.52. The number of hydrogen-bond donors (Lipinski definition) is 0. The van der Waals surface area contributed by atoms with Gasteiger partial charge < -0.3 is 9.80 Å². The number of likely N-dealkylation sites (tertiary alicyclic amines) is 2. The van der Waals surface area contributed by atoms with Gasteiger partial charge in [-0.3, -0.25) is 14.5 Å². The first kappa shape index (κ1) is 24.9. The van der Waals surface area contributed by atoms with E-state index in [1.165, 1.54) is 0 Å². The monoisotopic (exact) mass is 508 g/mol. The van der Waals surface area contributed by atoms with E-state index >= 15 is 0 Å². The number of nitrogens with zero attached hydrogens (tertiary/aromatic N) is 4. The second kappa shape index (κ2) is 10.7. The Morgan fingerprint density at radius 3 is 2.18 bits per heavy atom. The van der Waals surface area contributed by atoms with E-state index in [9.17, 15) is 9.59 Å². The molecule has 3 fully saturated rings. The van der Waals surface area contributed by atoms with Crippen molar-refractivity contribution in [3.05, 3.63) is 60.2 Å². The second-order valence-electron chi connectivity index (χ2n) is 11.2. The van der Waals surface area contributed by atoms with Crippen molar-refractivity contribution in [3.8, 4) is 6.07 Å². The van der Waals surface area contributed by atoms with Crippen LogP contribution in [0.5, 0.6) is 0 Å². The van der Waals surface area contributed by atoms with Gasteiger partial charge in [-0.1, -0.05) is 48.5 Å². The Kier molecular flexibility index (Phi) is 7.04. The van der Waals surface area contributed by atoms with Crippen molar-refractivity contribution >= 4 is 33.4 Å². The van der Waals surface area contributed by atoms with Crippen molar-refractivity contribution in [3.63, 3.8) is 0 Å².